The zero-order valence-electron chi connectivity index (χ0n) is 30.4. The van der Waals surface area contributed by atoms with Crippen molar-refractivity contribution in [3.63, 3.8) is 0 Å². The van der Waals surface area contributed by atoms with Gasteiger partial charge in [0.2, 0.25) is 5.91 Å². The monoisotopic (exact) mass is 683 g/mol. The zero-order chi connectivity index (χ0) is 35.1. The van der Waals surface area contributed by atoms with Crippen LogP contribution in [-0.2, 0) is 41.7 Å². The van der Waals surface area contributed by atoms with E-state index in [1.165, 1.54) is 0 Å². The van der Waals surface area contributed by atoms with E-state index < -0.39 is 40.2 Å². The summed E-state index contributed by atoms with van der Waals surface area (Å²) in [6, 6.07) is 27.5. The van der Waals surface area contributed by atoms with Crippen molar-refractivity contribution in [1.82, 2.24) is 0 Å². The third kappa shape index (κ3) is 6.90. The SMILES string of the molecule is CC(C)(C)[Si](C)(C)O[C@@H]1C=C(C(=O)OCc2ccccc2)[C@]2(C[C@H]1O[Si](C)(C)C(C)(C)C)C(=O)N(Cc1ccccc1)c1ccccc12. The number of ether oxygens (including phenoxy) is 1. The van der Waals surface area contributed by atoms with Gasteiger partial charge in [-0.25, -0.2) is 4.79 Å². The van der Waals surface area contributed by atoms with Crippen molar-refractivity contribution in [1.29, 1.82) is 0 Å². The van der Waals surface area contributed by atoms with Crippen molar-refractivity contribution in [3.8, 4) is 0 Å². The average molecular weight is 684 g/mol. The molecule has 0 fully saturated rings. The molecule has 1 spiro atoms. The lowest BCUT2D eigenvalue weighted by molar-refractivity contribution is -0.143. The van der Waals surface area contributed by atoms with Crippen molar-refractivity contribution >= 4 is 34.2 Å². The smallest absolute Gasteiger partial charge is 0.335 e. The predicted molar refractivity (Wildman–Crippen MR) is 199 cm³/mol. The topological polar surface area (TPSA) is 65.1 Å². The van der Waals surface area contributed by atoms with E-state index in [0.29, 0.717) is 12.1 Å². The van der Waals surface area contributed by atoms with E-state index in [1.54, 1.807) is 0 Å². The first kappa shape index (κ1) is 36.0. The number of anilines is 1. The van der Waals surface area contributed by atoms with Crippen LogP contribution in [0, 0.1) is 0 Å². The lowest BCUT2D eigenvalue weighted by Gasteiger charge is -2.48. The quantitative estimate of drug-likeness (QED) is 0.166. The lowest BCUT2D eigenvalue weighted by atomic mass is 9.67. The summed E-state index contributed by atoms with van der Waals surface area (Å²) < 4.78 is 20.4. The number of esters is 1. The molecule has 0 saturated carbocycles. The van der Waals surface area contributed by atoms with Gasteiger partial charge >= 0.3 is 5.97 Å². The molecule has 3 aromatic carbocycles. The van der Waals surface area contributed by atoms with Gasteiger partial charge in [-0.2, -0.15) is 0 Å². The third-order valence-electron chi connectivity index (χ3n) is 11.0. The molecule has 3 aromatic rings. The molecule has 0 bridgehead atoms. The zero-order valence-corrected chi connectivity index (χ0v) is 32.4. The fraction of sp³-hybridized carbons (Fsp3) is 0.450. The molecule has 256 valence electrons. The summed E-state index contributed by atoms with van der Waals surface area (Å²) in [7, 11) is -4.71. The molecule has 8 heteroatoms. The Labute approximate surface area is 289 Å². The third-order valence-corrected chi connectivity index (χ3v) is 20.0. The molecule has 1 aliphatic heterocycles. The fourth-order valence-electron chi connectivity index (χ4n) is 6.18. The molecule has 1 heterocycles. The summed E-state index contributed by atoms with van der Waals surface area (Å²) >= 11 is 0. The molecule has 2 aliphatic rings. The number of rotatable bonds is 9. The predicted octanol–water partition coefficient (Wildman–Crippen LogP) is 9.33. The summed E-state index contributed by atoms with van der Waals surface area (Å²) in [4.78, 5) is 31.5. The maximum Gasteiger partial charge on any atom is 0.335 e. The van der Waals surface area contributed by atoms with Gasteiger partial charge in [0, 0.05) is 5.69 Å². The van der Waals surface area contributed by atoms with Gasteiger partial charge in [0.05, 0.1) is 24.3 Å². The highest BCUT2D eigenvalue weighted by Gasteiger charge is 2.60. The number of benzene rings is 3. The van der Waals surface area contributed by atoms with E-state index >= 15 is 4.79 Å². The fourth-order valence-corrected chi connectivity index (χ4v) is 8.76. The summed E-state index contributed by atoms with van der Waals surface area (Å²) in [5.41, 5.74) is 2.56. The molecule has 0 saturated heterocycles. The Balaban J connectivity index is 1.68. The first-order chi connectivity index (χ1) is 22.4. The van der Waals surface area contributed by atoms with Gasteiger partial charge in [-0.3, -0.25) is 4.79 Å². The minimum absolute atomic E-state index is 0.0722. The lowest BCUT2D eigenvalue weighted by Crippen LogP contribution is -2.57. The van der Waals surface area contributed by atoms with Gasteiger partial charge in [0.1, 0.15) is 12.0 Å². The van der Waals surface area contributed by atoms with E-state index in [1.807, 2.05) is 95.9 Å². The van der Waals surface area contributed by atoms with E-state index in [2.05, 4.69) is 67.7 Å². The Morgan fingerprint density at radius 3 is 1.88 bits per heavy atom. The van der Waals surface area contributed by atoms with Gasteiger partial charge in [-0.05, 0) is 71.5 Å². The summed E-state index contributed by atoms with van der Waals surface area (Å²) in [5.74, 6) is -0.636. The van der Waals surface area contributed by atoms with Gasteiger partial charge in [-0.1, -0.05) is 120 Å². The van der Waals surface area contributed by atoms with E-state index in [9.17, 15) is 4.79 Å². The Hall–Kier alpha value is -3.31. The van der Waals surface area contributed by atoms with E-state index in [-0.39, 0.29) is 29.0 Å². The number of para-hydroxylation sites is 1. The van der Waals surface area contributed by atoms with Crippen LogP contribution in [0.25, 0.3) is 0 Å². The Bertz CT molecular complexity index is 1660. The molecule has 6 nitrogen and oxygen atoms in total. The van der Waals surface area contributed by atoms with Crippen LogP contribution in [-0.4, -0.2) is 40.7 Å². The Kier molecular flexibility index (Phi) is 9.89. The van der Waals surface area contributed by atoms with Crippen molar-refractivity contribution in [2.24, 2.45) is 0 Å². The normalized spacial score (nSPS) is 21.7. The maximum absolute atomic E-state index is 15.2. The van der Waals surface area contributed by atoms with Crippen LogP contribution in [0.4, 0.5) is 5.69 Å². The van der Waals surface area contributed by atoms with Crippen molar-refractivity contribution in [2.45, 2.75) is 115 Å². The van der Waals surface area contributed by atoms with Crippen LogP contribution >= 0.6 is 0 Å². The molecular weight excluding hydrogens is 631 g/mol. The number of carbonyl (C=O) groups is 2. The van der Waals surface area contributed by atoms with Crippen molar-refractivity contribution in [2.75, 3.05) is 4.90 Å². The maximum atomic E-state index is 15.2. The first-order valence-corrected chi connectivity index (χ1v) is 22.9. The van der Waals surface area contributed by atoms with Crippen molar-refractivity contribution < 1.29 is 23.2 Å². The van der Waals surface area contributed by atoms with E-state index in [4.69, 9.17) is 13.6 Å². The number of nitrogens with zero attached hydrogens (tertiary/aromatic N) is 1. The second kappa shape index (κ2) is 13.2. The highest BCUT2D eigenvalue weighted by molar-refractivity contribution is 6.74. The van der Waals surface area contributed by atoms with Crippen LogP contribution < -0.4 is 4.90 Å². The highest BCUT2D eigenvalue weighted by atomic mass is 28.4. The molecular formula is C40H53NO5Si2. The number of carbonyl (C=O) groups excluding carboxylic acids is 2. The second-order valence-electron chi connectivity index (χ2n) is 16.4. The van der Waals surface area contributed by atoms with Gasteiger partial charge in [0.15, 0.2) is 16.6 Å². The summed E-state index contributed by atoms with van der Waals surface area (Å²) in [5, 5.41) is -0.148. The summed E-state index contributed by atoms with van der Waals surface area (Å²) in [6.45, 7) is 22.7. The molecule has 1 amide bonds. The number of hydrogen-bond donors (Lipinski definition) is 0. The molecule has 3 atom stereocenters. The molecule has 48 heavy (non-hydrogen) atoms. The number of fused-ring (bicyclic) bond motifs is 2. The second-order valence-corrected chi connectivity index (χ2v) is 25.9. The van der Waals surface area contributed by atoms with Gasteiger partial charge < -0.3 is 18.5 Å². The minimum atomic E-state index is -2.36. The molecule has 0 aromatic heterocycles. The minimum Gasteiger partial charge on any atom is -0.457 e. The van der Waals surface area contributed by atoms with Crippen LogP contribution in [0.2, 0.25) is 36.3 Å². The molecule has 5 rings (SSSR count). The Morgan fingerprint density at radius 1 is 0.771 bits per heavy atom. The first-order valence-electron chi connectivity index (χ1n) is 17.1. The number of amides is 1. The van der Waals surface area contributed by atoms with E-state index in [0.717, 1.165) is 22.4 Å². The van der Waals surface area contributed by atoms with Crippen LogP contribution in [0.1, 0.15) is 64.7 Å². The number of hydrogen-bond acceptors (Lipinski definition) is 5. The molecule has 1 aliphatic carbocycles. The van der Waals surface area contributed by atoms with Crippen LogP contribution in [0.3, 0.4) is 0 Å². The molecule has 0 unspecified atom stereocenters. The Morgan fingerprint density at radius 2 is 1.29 bits per heavy atom. The summed E-state index contributed by atoms with van der Waals surface area (Å²) in [6.07, 6.45) is 1.22. The van der Waals surface area contributed by atoms with Gasteiger partial charge in [0.25, 0.3) is 0 Å². The molecule has 0 radical (unpaired) electrons. The van der Waals surface area contributed by atoms with Gasteiger partial charge in [-0.15, -0.1) is 0 Å². The molecule has 0 N–H and O–H groups in total. The highest BCUT2D eigenvalue weighted by Crippen LogP contribution is 2.54. The van der Waals surface area contributed by atoms with Crippen LogP contribution in [0.5, 0.6) is 0 Å². The largest absolute Gasteiger partial charge is 0.457 e. The van der Waals surface area contributed by atoms with Crippen LogP contribution in [0.15, 0.2) is 96.6 Å². The standard InChI is InChI=1S/C40H53NO5Si2/c1-38(2,3)47(7,8)45-34-25-32(36(42)44-28-30-21-15-12-16-22-30)40(26-35(34)46-48(9,10)39(4,5)6)31-23-17-18-24-33(31)41(37(40)43)27-29-19-13-11-14-20-29/h11-25,34-35H,26-28H2,1-10H3/t34-,35-,40-/m1/s1. The van der Waals surface area contributed by atoms with Crippen molar-refractivity contribution in [3.05, 3.63) is 113 Å². The average Bonchev–Trinajstić information content (AvgIpc) is 3.24.